The molecule has 42 heavy (non-hydrogen) atoms. The van der Waals surface area contributed by atoms with Gasteiger partial charge in [0.05, 0.1) is 40.2 Å². The van der Waals surface area contributed by atoms with Crippen LogP contribution in [0.25, 0.3) is 0 Å². The second-order valence-corrected chi connectivity index (χ2v) is 11.2. The molecular weight excluding hydrogens is 658 g/mol. The number of ether oxygens (including phenoxy) is 1. The van der Waals surface area contributed by atoms with Gasteiger partial charge in [0, 0.05) is 49.1 Å². The minimum absolute atomic E-state index is 0. The van der Waals surface area contributed by atoms with Gasteiger partial charge in [0.1, 0.15) is 0 Å². The van der Waals surface area contributed by atoms with Crippen molar-refractivity contribution >= 4 is 40.2 Å². The minimum Gasteiger partial charge on any atom is -1.00 e. The number of unbranched alkanes of at least 4 members (excludes halogenated alkanes) is 1. The average Bonchev–Trinajstić information content (AvgIpc) is 2.93. The molecule has 0 saturated carbocycles. The largest absolute Gasteiger partial charge is 1.00 e. The Bertz CT molecular complexity index is 1210. The predicted octanol–water partition coefficient (Wildman–Crippen LogP) is 4.18. The Kier molecular flexibility index (Phi) is 16.1. The van der Waals surface area contributed by atoms with Crippen LogP contribution in [0.15, 0.2) is 91.3 Å². The summed E-state index contributed by atoms with van der Waals surface area (Å²) >= 11 is 0. The Hall–Kier alpha value is -2.68. The van der Waals surface area contributed by atoms with Gasteiger partial charge in [-0.25, -0.2) is 0 Å². The first kappa shape index (κ1) is 37.3. The van der Waals surface area contributed by atoms with Crippen molar-refractivity contribution < 1.29 is 35.8 Å². The number of anilines is 2. The Balaban J connectivity index is 0.00000441. The maximum atomic E-state index is 12.2. The van der Waals surface area contributed by atoms with E-state index in [4.69, 9.17) is 4.74 Å². The molecule has 0 aromatic heterocycles. The first-order chi connectivity index (χ1) is 19.1. The molecule has 2 aromatic rings. The van der Waals surface area contributed by atoms with Crippen molar-refractivity contribution in [2.45, 2.75) is 51.9 Å². The Morgan fingerprint density at radius 1 is 0.976 bits per heavy atom. The van der Waals surface area contributed by atoms with Gasteiger partial charge in [-0.2, -0.15) is 0 Å². The maximum Gasteiger partial charge on any atom is 0.305 e. The van der Waals surface area contributed by atoms with Gasteiger partial charge in [0.25, 0.3) is 0 Å². The summed E-state index contributed by atoms with van der Waals surface area (Å²) in [6.07, 6.45) is 16.0. The van der Waals surface area contributed by atoms with E-state index in [9.17, 15) is 9.59 Å². The van der Waals surface area contributed by atoms with Gasteiger partial charge in [-0.05, 0) is 56.5 Å². The number of amides is 1. The number of rotatable bonds is 14. The molecule has 1 amide bonds. The molecule has 0 radical (unpaired) electrons. The van der Waals surface area contributed by atoms with Crippen LogP contribution in [-0.2, 0) is 19.7 Å². The van der Waals surface area contributed by atoms with Crippen molar-refractivity contribution in [3.8, 4) is 0 Å². The van der Waals surface area contributed by atoms with Crippen LogP contribution in [0.2, 0.25) is 0 Å². The normalized spacial score (nSPS) is 16.1. The highest BCUT2D eigenvalue weighted by Crippen LogP contribution is 2.39. The highest BCUT2D eigenvalue weighted by molar-refractivity contribution is 8.93. The number of carbonyl (C=O) groups excluding carboxylic acids is 2. The van der Waals surface area contributed by atoms with E-state index >= 15 is 0 Å². The van der Waals surface area contributed by atoms with Crippen LogP contribution in [0, 0.1) is 0 Å². The molecule has 3 rings (SSSR count). The molecule has 6 nitrogen and oxygen atoms in total. The molecule has 0 bridgehead atoms. The van der Waals surface area contributed by atoms with E-state index in [0.717, 1.165) is 49.1 Å². The van der Waals surface area contributed by atoms with Gasteiger partial charge in [-0.1, -0.05) is 54.6 Å². The van der Waals surface area contributed by atoms with Crippen molar-refractivity contribution in [2.75, 3.05) is 50.1 Å². The van der Waals surface area contributed by atoms with Gasteiger partial charge in [0.15, 0.2) is 0 Å². The Morgan fingerprint density at radius 3 is 2.33 bits per heavy atom. The summed E-state index contributed by atoms with van der Waals surface area (Å²) in [6, 6.07) is 18.3. The van der Waals surface area contributed by atoms with E-state index in [1.54, 1.807) is 11.8 Å². The van der Waals surface area contributed by atoms with Gasteiger partial charge in [-0.15, -0.1) is 17.0 Å². The second-order valence-electron chi connectivity index (χ2n) is 11.2. The fourth-order valence-corrected chi connectivity index (χ4v) is 5.11. The standard InChI is InChI=1S/C34H46N3O3.2BrH/c1-6-40-33(39)21-16-28-37(4,5)27-15-14-24-35-26-23-34(3,31-19-10-11-20-32(31)35)22-12-13-25-36(29(2)38)30-17-8-7-9-18-30;;/h7-13,17-20,22-23,25-26H,6,14-16,21,24,27-28H2,1-5H3;2*1H/q+1;;/p-1. The van der Waals surface area contributed by atoms with Crippen LogP contribution in [0.4, 0.5) is 11.4 Å². The van der Waals surface area contributed by atoms with Crippen molar-refractivity contribution in [1.29, 1.82) is 0 Å². The molecule has 1 aliphatic heterocycles. The molecule has 1 atom stereocenters. The second kappa shape index (κ2) is 18.1. The number of esters is 1. The van der Waals surface area contributed by atoms with Gasteiger partial charge < -0.3 is 31.1 Å². The molecule has 0 N–H and O–H groups in total. The van der Waals surface area contributed by atoms with Crippen LogP contribution in [0.3, 0.4) is 0 Å². The highest BCUT2D eigenvalue weighted by Gasteiger charge is 2.28. The summed E-state index contributed by atoms with van der Waals surface area (Å²) < 4.78 is 5.96. The fourth-order valence-electron chi connectivity index (χ4n) is 5.11. The van der Waals surface area contributed by atoms with E-state index in [2.05, 4.69) is 68.5 Å². The van der Waals surface area contributed by atoms with E-state index in [1.165, 1.54) is 11.3 Å². The van der Waals surface area contributed by atoms with E-state index in [0.29, 0.717) is 13.0 Å². The number of fused-ring (bicyclic) bond motifs is 1. The third-order valence-corrected chi connectivity index (χ3v) is 7.42. The lowest BCUT2D eigenvalue weighted by Gasteiger charge is -2.36. The van der Waals surface area contributed by atoms with Crippen molar-refractivity contribution in [2.24, 2.45) is 0 Å². The van der Waals surface area contributed by atoms with E-state index < -0.39 is 0 Å². The van der Waals surface area contributed by atoms with Crippen LogP contribution in [0.1, 0.15) is 52.0 Å². The molecule has 1 heterocycles. The number of carbonyl (C=O) groups is 2. The topological polar surface area (TPSA) is 49.9 Å². The summed E-state index contributed by atoms with van der Waals surface area (Å²) in [4.78, 5) is 27.8. The van der Waals surface area contributed by atoms with Crippen molar-refractivity contribution in [1.82, 2.24) is 0 Å². The Morgan fingerprint density at radius 2 is 1.64 bits per heavy atom. The monoisotopic (exact) mass is 703 g/mol. The van der Waals surface area contributed by atoms with Crippen LogP contribution in [0.5, 0.6) is 0 Å². The molecule has 0 fully saturated rings. The third kappa shape index (κ3) is 11.2. The summed E-state index contributed by atoms with van der Waals surface area (Å²) in [5.41, 5.74) is 3.11. The quantitative estimate of drug-likeness (QED) is 0.128. The smallest absolute Gasteiger partial charge is 0.305 e. The zero-order valence-corrected chi connectivity index (χ0v) is 29.0. The molecule has 0 spiro atoms. The minimum atomic E-state index is -0.247. The van der Waals surface area contributed by atoms with E-state index in [-0.39, 0.29) is 51.3 Å². The molecule has 230 valence electrons. The zero-order valence-electron chi connectivity index (χ0n) is 25.7. The lowest BCUT2D eigenvalue weighted by Crippen LogP contribution is -3.00. The molecule has 0 saturated heterocycles. The average molecular weight is 706 g/mol. The van der Waals surface area contributed by atoms with Crippen LogP contribution < -0.4 is 26.8 Å². The van der Waals surface area contributed by atoms with Gasteiger partial charge >= 0.3 is 5.97 Å². The number of para-hydroxylation sites is 2. The number of halogens is 2. The summed E-state index contributed by atoms with van der Waals surface area (Å²) in [5, 5.41) is 0. The lowest BCUT2D eigenvalue weighted by atomic mass is 9.79. The first-order valence-electron chi connectivity index (χ1n) is 14.4. The van der Waals surface area contributed by atoms with Crippen LogP contribution in [-0.4, -0.2) is 56.7 Å². The third-order valence-electron chi connectivity index (χ3n) is 7.42. The molecule has 0 aliphatic carbocycles. The van der Waals surface area contributed by atoms with Gasteiger partial charge in [0.2, 0.25) is 5.91 Å². The molecular formula is C34H47Br2N3O3. The summed E-state index contributed by atoms with van der Waals surface area (Å²) in [7, 11) is 4.48. The lowest BCUT2D eigenvalue weighted by molar-refractivity contribution is -0.890. The van der Waals surface area contributed by atoms with Crippen molar-refractivity contribution in [3.63, 3.8) is 0 Å². The SMILES string of the molecule is Br.CCOC(=O)CCC[N+](C)(C)CCCCN1C=CC(C)(C=CC=CN(C(C)=O)c2ccccc2)c2ccccc21.[Br-]. The molecule has 8 heteroatoms. The number of quaternary nitrogens is 1. The predicted molar refractivity (Wildman–Crippen MR) is 175 cm³/mol. The van der Waals surface area contributed by atoms with Crippen LogP contribution >= 0.6 is 17.0 Å². The van der Waals surface area contributed by atoms with E-state index in [1.807, 2.05) is 55.6 Å². The fraction of sp³-hybridized carbons (Fsp3) is 0.412. The molecule has 2 aromatic carbocycles. The maximum absolute atomic E-state index is 12.2. The first-order valence-corrected chi connectivity index (χ1v) is 14.4. The summed E-state index contributed by atoms with van der Waals surface area (Å²) in [6.45, 7) is 9.10. The summed E-state index contributed by atoms with van der Waals surface area (Å²) in [5.74, 6) is -0.124. The van der Waals surface area contributed by atoms with Crippen molar-refractivity contribution in [3.05, 3.63) is 96.9 Å². The number of nitrogens with zero attached hydrogens (tertiary/aromatic N) is 3. The molecule has 1 unspecified atom stereocenters. The number of allylic oxidation sites excluding steroid dienone is 4. The van der Waals surface area contributed by atoms with Gasteiger partial charge in [-0.3, -0.25) is 14.5 Å². The number of hydrogen-bond donors (Lipinski definition) is 0. The molecule has 1 aliphatic rings. The highest BCUT2D eigenvalue weighted by atomic mass is 79.9. The number of benzene rings is 2. The Labute approximate surface area is 273 Å². The zero-order chi connectivity index (χ0) is 29.0. The number of hydrogen-bond acceptors (Lipinski definition) is 4.